The molecule has 1 radical (unpaired) electrons. The first-order chi connectivity index (χ1) is 9.91. The van der Waals surface area contributed by atoms with Crippen LogP contribution in [0.2, 0.25) is 0 Å². The Labute approximate surface area is 115 Å². The highest BCUT2D eigenvalue weighted by Gasteiger charge is 2.20. The molecule has 9 heteroatoms. The predicted molar refractivity (Wildman–Crippen MR) is 59.6 cm³/mol. The summed E-state index contributed by atoms with van der Waals surface area (Å²) in [4.78, 5) is 0. The SMILES string of the molecule is Fc1ccc(F)c(O[B]Oc2c(F)ccc(F)c2F)c1F. The van der Waals surface area contributed by atoms with E-state index in [9.17, 15) is 26.3 Å². The fourth-order valence-electron chi connectivity index (χ4n) is 1.35. The molecule has 0 fully saturated rings. The molecule has 0 saturated carbocycles. The Balaban J connectivity index is 2.13. The van der Waals surface area contributed by atoms with Gasteiger partial charge < -0.3 is 9.31 Å². The lowest BCUT2D eigenvalue weighted by Crippen LogP contribution is -2.15. The van der Waals surface area contributed by atoms with Crippen LogP contribution in [0.25, 0.3) is 0 Å². The van der Waals surface area contributed by atoms with Crippen molar-refractivity contribution in [2.45, 2.75) is 0 Å². The van der Waals surface area contributed by atoms with Crippen LogP contribution in [0.4, 0.5) is 26.3 Å². The molecular weight excluding hydrogens is 301 g/mol. The Morgan fingerprint density at radius 1 is 0.571 bits per heavy atom. The first-order valence-electron chi connectivity index (χ1n) is 5.33. The van der Waals surface area contributed by atoms with Gasteiger partial charge in [0.05, 0.1) is 0 Å². The number of rotatable bonds is 4. The van der Waals surface area contributed by atoms with Crippen LogP contribution >= 0.6 is 0 Å². The first kappa shape index (κ1) is 15.1. The monoisotopic (exact) mass is 305 g/mol. The summed E-state index contributed by atoms with van der Waals surface area (Å²) in [7, 11) is 0.141. The minimum Gasteiger partial charge on any atom is -0.522 e. The number of hydrogen-bond donors (Lipinski definition) is 0. The molecule has 0 N–H and O–H groups in total. The summed E-state index contributed by atoms with van der Waals surface area (Å²) in [5.74, 6) is -11.0. The van der Waals surface area contributed by atoms with Gasteiger partial charge in [0.2, 0.25) is 11.6 Å². The van der Waals surface area contributed by atoms with Crippen LogP contribution in [0.1, 0.15) is 0 Å². The molecule has 2 rings (SSSR count). The lowest BCUT2D eigenvalue weighted by molar-refractivity contribution is 0.370. The molecule has 0 unspecified atom stereocenters. The van der Waals surface area contributed by atoms with E-state index in [1.807, 2.05) is 0 Å². The Kier molecular flexibility index (Phi) is 4.30. The second-order valence-electron chi connectivity index (χ2n) is 3.68. The van der Waals surface area contributed by atoms with Crippen molar-refractivity contribution in [1.82, 2.24) is 0 Å². The van der Waals surface area contributed by atoms with Gasteiger partial charge in [0.15, 0.2) is 34.8 Å². The summed E-state index contributed by atoms with van der Waals surface area (Å²) in [6, 6.07) is 2.18. The van der Waals surface area contributed by atoms with Crippen LogP contribution in [0.3, 0.4) is 0 Å². The zero-order chi connectivity index (χ0) is 15.6. The summed E-state index contributed by atoms with van der Waals surface area (Å²) < 4.78 is 87.0. The summed E-state index contributed by atoms with van der Waals surface area (Å²) in [5, 5.41) is 0. The highest BCUT2D eigenvalue weighted by atomic mass is 19.2. The van der Waals surface area contributed by atoms with Crippen LogP contribution in [0.15, 0.2) is 24.3 Å². The van der Waals surface area contributed by atoms with E-state index >= 15 is 0 Å². The average Bonchev–Trinajstić information content (AvgIpc) is 2.46. The van der Waals surface area contributed by atoms with Gasteiger partial charge in [-0.25, -0.2) is 17.6 Å². The second-order valence-corrected chi connectivity index (χ2v) is 3.68. The Hall–Kier alpha value is -2.32. The molecule has 2 aromatic rings. The number of benzene rings is 2. The third-order valence-electron chi connectivity index (χ3n) is 2.34. The van der Waals surface area contributed by atoms with Gasteiger partial charge in [-0.1, -0.05) is 0 Å². The van der Waals surface area contributed by atoms with Crippen molar-refractivity contribution in [3.63, 3.8) is 0 Å². The highest BCUT2D eigenvalue weighted by molar-refractivity contribution is 6.20. The fourth-order valence-corrected chi connectivity index (χ4v) is 1.35. The van der Waals surface area contributed by atoms with Gasteiger partial charge in [0.25, 0.3) is 0 Å². The topological polar surface area (TPSA) is 18.5 Å². The van der Waals surface area contributed by atoms with Crippen molar-refractivity contribution < 1.29 is 35.7 Å². The summed E-state index contributed by atoms with van der Waals surface area (Å²) >= 11 is 0. The summed E-state index contributed by atoms with van der Waals surface area (Å²) in [6.45, 7) is 0. The van der Waals surface area contributed by atoms with Crippen molar-refractivity contribution in [3.05, 3.63) is 59.2 Å². The Bertz CT molecular complexity index is 622. The molecule has 2 nitrogen and oxygen atoms in total. The molecule has 0 aliphatic rings. The van der Waals surface area contributed by atoms with E-state index in [0.29, 0.717) is 24.3 Å². The lowest BCUT2D eigenvalue weighted by atomic mass is 10.2. The molecule has 0 saturated heterocycles. The first-order valence-corrected chi connectivity index (χ1v) is 5.33. The fraction of sp³-hybridized carbons (Fsp3) is 0. The smallest absolute Gasteiger partial charge is 0.522 e. The van der Waals surface area contributed by atoms with Crippen LogP contribution in [0.5, 0.6) is 11.5 Å². The molecule has 0 aliphatic heterocycles. The van der Waals surface area contributed by atoms with Crippen molar-refractivity contribution >= 4 is 7.69 Å². The zero-order valence-electron chi connectivity index (χ0n) is 9.97. The quantitative estimate of drug-likeness (QED) is 0.489. The second kappa shape index (κ2) is 5.98. The van der Waals surface area contributed by atoms with Gasteiger partial charge in [-0.2, -0.15) is 8.78 Å². The molecule has 0 bridgehead atoms. The van der Waals surface area contributed by atoms with Crippen molar-refractivity contribution in [1.29, 1.82) is 0 Å². The van der Waals surface area contributed by atoms with Gasteiger partial charge in [0, 0.05) is 0 Å². The van der Waals surface area contributed by atoms with Crippen LogP contribution in [-0.4, -0.2) is 7.69 Å². The van der Waals surface area contributed by atoms with Crippen LogP contribution in [-0.2, 0) is 0 Å². The molecule has 0 spiro atoms. The molecule has 21 heavy (non-hydrogen) atoms. The predicted octanol–water partition coefficient (Wildman–Crippen LogP) is 3.51. The molecule has 0 aromatic heterocycles. The Morgan fingerprint density at radius 3 is 1.29 bits per heavy atom. The molecule has 0 heterocycles. The third kappa shape index (κ3) is 3.06. The van der Waals surface area contributed by atoms with E-state index in [0.717, 1.165) is 0 Å². The van der Waals surface area contributed by atoms with Crippen molar-refractivity contribution in [2.24, 2.45) is 0 Å². The number of halogens is 6. The molecular formula is C12H4BF6O2. The maximum atomic E-state index is 13.2. The summed E-state index contributed by atoms with van der Waals surface area (Å²) in [5.41, 5.74) is 0. The van der Waals surface area contributed by atoms with E-state index in [-0.39, 0.29) is 7.69 Å². The van der Waals surface area contributed by atoms with E-state index in [2.05, 4.69) is 9.31 Å². The minimum atomic E-state index is -1.66. The van der Waals surface area contributed by atoms with Gasteiger partial charge in [-0.15, -0.1) is 0 Å². The molecule has 0 amide bonds. The van der Waals surface area contributed by atoms with Gasteiger partial charge >= 0.3 is 7.69 Å². The largest absolute Gasteiger partial charge is 0.658 e. The van der Waals surface area contributed by atoms with Crippen LogP contribution in [0, 0.1) is 34.9 Å². The number of hydrogen-bond acceptors (Lipinski definition) is 2. The third-order valence-corrected chi connectivity index (χ3v) is 2.34. The van der Waals surface area contributed by atoms with Gasteiger partial charge in [-0.05, 0) is 24.3 Å². The van der Waals surface area contributed by atoms with Crippen molar-refractivity contribution in [2.75, 3.05) is 0 Å². The molecule has 109 valence electrons. The van der Waals surface area contributed by atoms with E-state index < -0.39 is 46.4 Å². The molecule has 2 aromatic carbocycles. The standard InChI is InChI=1S/C12H4BF6O2/c14-5-1-3-7(16)11(9(5)18)20-13-21-12-8(17)4-2-6(15)10(12)19/h1-4H. The molecule has 0 atom stereocenters. The maximum absolute atomic E-state index is 13.2. The van der Waals surface area contributed by atoms with Gasteiger partial charge in [-0.3, -0.25) is 0 Å². The lowest BCUT2D eigenvalue weighted by Gasteiger charge is -2.10. The highest BCUT2D eigenvalue weighted by Crippen LogP contribution is 2.25. The molecule has 0 aliphatic carbocycles. The Morgan fingerprint density at radius 2 is 0.905 bits per heavy atom. The average molecular weight is 305 g/mol. The van der Waals surface area contributed by atoms with Gasteiger partial charge in [0.1, 0.15) is 0 Å². The van der Waals surface area contributed by atoms with E-state index in [1.54, 1.807) is 0 Å². The zero-order valence-corrected chi connectivity index (χ0v) is 9.97. The maximum Gasteiger partial charge on any atom is 0.658 e. The minimum absolute atomic E-state index is 0.141. The van der Waals surface area contributed by atoms with Crippen molar-refractivity contribution in [3.8, 4) is 11.5 Å². The van der Waals surface area contributed by atoms with Crippen LogP contribution < -0.4 is 9.31 Å². The summed E-state index contributed by atoms with van der Waals surface area (Å²) in [6.07, 6.45) is 0. The van der Waals surface area contributed by atoms with E-state index in [1.165, 1.54) is 0 Å². The van der Waals surface area contributed by atoms with E-state index in [4.69, 9.17) is 0 Å². The normalized spacial score (nSPS) is 10.4.